The van der Waals surface area contributed by atoms with Crippen molar-refractivity contribution in [3.63, 3.8) is 0 Å². The van der Waals surface area contributed by atoms with Crippen molar-refractivity contribution >= 4 is 49.3 Å². The molecule has 13 aromatic carbocycles. The van der Waals surface area contributed by atoms with Gasteiger partial charge in [0.25, 0.3) is 0 Å². The molecular formula is C86H60N6. The molecule has 0 saturated carbocycles. The second kappa shape index (κ2) is 22.8. The maximum atomic E-state index is 8.07. The van der Waals surface area contributed by atoms with Crippen LogP contribution in [0.2, 0.25) is 0 Å². The first-order valence-corrected chi connectivity index (χ1v) is 31.2. The highest BCUT2D eigenvalue weighted by molar-refractivity contribution is 6.14. The van der Waals surface area contributed by atoms with Crippen molar-refractivity contribution in [2.24, 2.45) is 0 Å². The molecule has 0 bridgehead atoms. The van der Waals surface area contributed by atoms with Gasteiger partial charge in [0.2, 0.25) is 0 Å². The monoisotopic (exact) mass is 1180 g/mol. The van der Waals surface area contributed by atoms with E-state index >= 15 is 0 Å². The molecule has 0 N–H and O–H groups in total. The number of hydrogen-bond donors (Lipinski definition) is 0. The summed E-state index contributed by atoms with van der Waals surface area (Å²) in [5.41, 5.74) is 27.3. The molecule has 92 heavy (non-hydrogen) atoms. The highest BCUT2D eigenvalue weighted by atomic mass is 15.1. The maximum absolute atomic E-state index is 8.07. The third-order valence-corrected chi connectivity index (χ3v) is 18.0. The maximum Gasteiger partial charge on any atom is 0.187 e. The van der Waals surface area contributed by atoms with Gasteiger partial charge in [0.05, 0.1) is 40.0 Å². The molecule has 0 radical (unpaired) electrons. The quantitative estimate of drug-likeness (QED) is 0.121. The van der Waals surface area contributed by atoms with Crippen LogP contribution in [0.15, 0.2) is 291 Å². The summed E-state index contributed by atoms with van der Waals surface area (Å²) in [6.45, 7) is 16.7. The Morgan fingerprint density at radius 3 is 0.946 bits per heavy atom. The van der Waals surface area contributed by atoms with Gasteiger partial charge in [-0.2, -0.15) is 0 Å². The number of aryl methyl sites for hydroxylation is 4. The van der Waals surface area contributed by atoms with Gasteiger partial charge in [0, 0.05) is 43.8 Å². The fourth-order valence-corrected chi connectivity index (χ4v) is 13.5. The predicted octanol–water partition coefficient (Wildman–Crippen LogP) is 22.9. The van der Waals surface area contributed by atoms with E-state index in [1.807, 2.05) is 54.6 Å². The summed E-state index contributed by atoms with van der Waals surface area (Å²) in [4.78, 5) is 20.2. The molecular weight excluding hydrogens is 1120 g/mol. The summed E-state index contributed by atoms with van der Waals surface area (Å²) >= 11 is 0. The van der Waals surface area contributed by atoms with Crippen molar-refractivity contribution in [3.05, 3.63) is 325 Å². The van der Waals surface area contributed by atoms with Gasteiger partial charge in [-0.05, 0) is 168 Å². The van der Waals surface area contributed by atoms with Crippen LogP contribution in [0.5, 0.6) is 0 Å². The number of hydrogen-bond acceptors (Lipinski definition) is 3. The molecule has 0 unspecified atom stereocenters. The molecule has 16 rings (SSSR count). The summed E-state index contributed by atoms with van der Waals surface area (Å²) < 4.78 is 4.86. The summed E-state index contributed by atoms with van der Waals surface area (Å²) in [6, 6.07) is 105. The van der Waals surface area contributed by atoms with Crippen LogP contribution in [0.3, 0.4) is 0 Å². The lowest BCUT2D eigenvalue weighted by Crippen LogP contribution is -2.04. The minimum Gasteiger partial charge on any atom is -0.309 e. The summed E-state index contributed by atoms with van der Waals surface area (Å²) in [5, 5.41) is 4.57. The first-order chi connectivity index (χ1) is 45.1. The Labute approximate surface area is 535 Å². The Morgan fingerprint density at radius 2 is 0.554 bits per heavy atom. The van der Waals surface area contributed by atoms with Crippen molar-refractivity contribution in [1.29, 1.82) is 0 Å². The number of aromatic nitrogens is 5. The first kappa shape index (κ1) is 55.3. The van der Waals surface area contributed by atoms with Crippen LogP contribution in [-0.4, -0.2) is 24.1 Å². The number of nitrogens with zero attached hydrogens (tertiary/aromatic N) is 6. The predicted molar refractivity (Wildman–Crippen MR) is 383 cm³/mol. The molecule has 6 nitrogen and oxygen atoms in total. The molecule has 6 heteroatoms. The van der Waals surface area contributed by atoms with Crippen molar-refractivity contribution in [2.45, 2.75) is 27.7 Å². The number of fused-ring (bicyclic) bond motifs is 6. The van der Waals surface area contributed by atoms with Gasteiger partial charge >= 0.3 is 0 Å². The van der Waals surface area contributed by atoms with E-state index in [4.69, 9.17) is 21.5 Å². The molecule has 0 aliphatic heterocycles. The van der Waals surface area contributed by atoms with Crippen LogP contribution in [0.1, 0.15) is 22.3 Å². The van der Waals surface area contributed by atoms with Gasteiger partial charge in [0.15, 0.2) is 23.2 Å². The van der Waals surface area contributed by atoms with E-state index in [0.29, 0.717) is 23.2 Å². The second-order valence-corrected chi connectivity index (χ2v) is 24.2. The van der Waals surface area contributed by atoms with Gasteiger partial charge < -0.3 is 9.13 Å². The zero-order valence-corrected chi connectivity index (χ0v) is 51.4. The largest absolute Gasteiger partial charge is 0.309 e. The Morgan fingerprint density at radius 1 is 0.250 bits per heavy atom. The second-order valence-electron chi connectivity index (χ2n) is 24.2. The van der Waals surface area contributed by atoms with Crippen LogP contribution in [0.4, 0.5) is 5.69 Å². The Balaban J connectivity index is 0.998. The van der Waals surface area contributed by atoms with Gasteiger partial charge in [-0.25, -0.2) is 19.8 Å². The van der Waals surface area contributed by atoms with Crippen molar-refractivity contribution in [2.75, 3.05) is 0 Å². The molecule has 0 amide bonds. The smallest absolute Gasteiger partial charge is 0.187 e. The van der Waals surface area contributed by atoms with E-state index in [-0.39, 0.29) is 0 Å². The lowest BCUT2D eigenvalue weighted by Gasteiger charge is -2.19. The standard InChI is InChI=1S/C86H60N6/c1-54-17-12-25-60(43-54)66-32-38-79-73(49-66)74-50-67(61-26-13-18-55(2)44-61)33-39-80(74)91(79)78-37-31-65(64-29-16-30-71(47-64)87-5)48-72(78)70-36-42-83(77(53-70)86-89-84(58-21-8-6-9-22-58)88-85(90-86)59-23-10-7-11-24-59)92-81-40-34-68(62-27-14-19-56(3)45-62)51-75(81)76-52-69(35-41-82(76)92)63-28-15-20-57(4)46-63/h6-53H,1-4H3. The molecule has 3 aromatic heterocycles. The first-order valence-electron chi connectivity index (χ1n) is 31.2. The average Bonchev–Trinajstić information content (AvgIpc) is 1.66. The van der Waals surface area contributed by atoms with Gasteiger partial charge in [-0.15, -0.1) is 0 Å². The Hall–Kier alpha value is -12.0. The highest BCUT2D eigenvalue weighted by Crippen LogP contribution is 2.45. The molecule has 0 saturated heterocycles. The van der Waals surface area contributed by atoms with Gasteiger partial charge in [-0.3, -0.25) is 0 Å². The number of benzene rings is 13. The van der Waals surface area contributed by atoms with Crippen LogP contribution < -0.4 is 0 Å². The molecule has 434 valence electrons. The molecule has 0 atom stereocenters. The van der Waals surface area contributed by atoms with Crippen LogP contribution in [0.25, 0.3) is 161 Å². The van der Waals surface area contributed by atoms with E-state index in [1.54, 1.807) is 0 Å². The van der Waals surface area contributed by atoms with Crippen LogP contribution in [-0.2, 0) is 0 Å². The fourth-order valence-electron chi connectivity index (χ4n) is 13.5. The fraction of sp³-hybridized carbons (Fsp3) is 0.0465. The number of rotatable bonds is 11. The third-order valence-electron chi connectivity index (χ3n) is 18.0. The summed E-state index contributed by atoms with van der Waals surface area (Å²) in [7, 11) is 0. The SMILES string of the molecule is [C-]#[N+]c1cccc(-c2ccc(-n3c4ccc(-c5cccc(C)c5)cc4c4cc(-c5cccc(C)c5)ccc43)c(-c3ccc(-n4c5ccc(-c6cccc(C)c6)cc5c5cc(-c6cccc(C)c6)ccc54)c(-c4nc(-c5ccccc5)nc(-c5ccccc5)n4)c3)c2)c1. The molecule has 0 fully saturated rings. The van der Waals surface area contributed by atoms with Crippen molar-refractivity contribution in [1.82, 2.24) is 24.1 Å². The minimum atomic E-state index is 0.531. The van der Waals surface area contributed by atoms with Crippen LogP contribution in [0, 0.1) is 34.3 Å². The van der Waals surface area contributed by atoms with Crippen LogP contribution >= 0.6 is 0 Å². The zero-order chi connectivity index (χ0) is 62.0. The highest BCUT2D eigenvalue weighted by Gasteiger charge is 2.25. The minimum absolute atomic E-state index is 0.531. The van der Waals surface area contributed by atoms with E-state index in [0.717, 1.165) is 116 Å². The van der Waals surface area contributed by atoms with E-state index in [1.165, 1.54) is 44.5 Å². The molecule has 0 aliphatic rings. The Kier molecular flexibility index (Phi) is 13.7. The van der Waals surface area contributed by atoms with Gasteiger partial charge in [0.1, 0.15) is 0 Å². The normalized spacial score (nSPS) is 11.5. The van der Waals surface area contributed by atoms with E-state index in [2.05, 4.69) is 278 Å². The topological polar surface area (TPSA) is 52.9 Å². The lowest BCUT2D eigenvalue weighted by atomic mass is 9.95. The van der Waals surface area contributed by atoms with E-state index < -0.39 is 0 Å². The zero-order valence-electron chi connectivity index (χ0n) is 51.4. The molecule has 16 aromatic rings. The molecule has 3 heterocycles. The lowest BCUT2D eigenvalue weighted by molar-refractivity contribution is 1.06. The molecule has 0 aliphatic carbocycles. The van der Waals surface area contributed by atoms with E-state index in [9.17, 15) is 0 Å². The third kappa shape index (κ3) is 10.1. The summed E-state index contributed by atoms with van der Waals surface area (Å²) in [5.74, 6) is 1.67. The van der Waals surface area contributed by atoms with Crippen molar-refractivity contribution < 1.29 is 0 Å². The van der Waals surface area contributed by atoms with Gasteiger partial charge in [-0.1, -0.05) is 235 Å². The summed E-state index contributed by atoms with van der Waals surface area (Å²) in [6.07, 6.45) is 0. The average molecular weight is 1180 g/mol. The van der Waals surface area contributed by atoms with Crippen molar-refractivity contribution in [3.8, 4) is 112 Å². The molecule has 0 spiro atoms. The Bertz CT molecular complexity index is 5380.